The van der Waals surface area contributed by atoms with Gasteiger partial charge in [-0.3, -0.25) is 28.8 Å². The van der Waals surface area contributed by atoms with Crippen molar-refractivity contribution in [3.63, 3.8) is 0 Å². The first-order valence-corrected chi connectivity index (χ1v) is 34.0. The van der Waals surface area contributed by atoms with Crippen LogP contribution in [0.1, 0.15) is 144 Å². The van der Waals surface area contributed by atoms with Crippen molar-refractivity contribution < 1.29 is 91.2 Å². The first-order chi connectivity index (χ1) is 43.6. The summed E-state index contributed by atoms with van der Waals surface area (Å²) in [5, 5.41) is 36.1. The van der Waals surface area contributed by atoms with Crippen molar-refractivity contribution in [3.8, 4) is 0 Å². The van der Waals surface area contributed by atoms with Gasteiger partial charge in [0.1, 0.15) is 30.1 Å². The van der Waals surface area contributed by atoms with Crippen LogP contribution in [0.15, 0.2) is 36.0 Å². The lowest BCUT2D eigenvalue weighted by Gasteiger charge is -2.47. The molecule has 5 heterocycles. The number of urea groups is 1. The van der Waals surface area contributed by atoms with Gasteiger partial charge in [-0.05, 0) is 108 Å². The van der Waals surface area contributed by atoms with E-state index in [-0.39, 0.29) is 99.3 Å². The predicted molar refractivity (Wildman–Crippen MR) is 338 cm³/mol. The van der Waals surface area contributed by atoms with Crippen LogP contribution in [-0.2, 0) is 76.2 Å². The van der Waals surface area contributed by atoms with Gasteiger partial charge in [0.25, 0.3) is 11.7 Å². The summed E-state index contributed by atoms with van der Waals surface area (Å²) >= 11 is 1.87. The number of cyclic esters (lactones) is 1. The summed E-state index contributed by atoms with van der Waals surface area (Å²) in [4.78, 5) is 108. The minimum Gasteiger partial charge on any atom is -0.460 e. The van der Waals surface area contributed by atoms with Gasteiger partial charge >= 0.3 is 18.0 Å². The van der Waals surface area contributed by atoms with Gasteiger partial charge in [-0.15, -0.1) is 6.58 Å². The molecule has 4 saturated heterocycles. The topological polar surface area (TPSA) is 311 Å². The molecule has 2 bridgehead atoms. The molecule has 6 N–H and O–H groups in total. The fourth-order valence-corrected chi connectivity index (χ4v) is 15.0. The van der Waals surface area contributed by atoms with Crippen molar-refractivity contribution in [1.29, 1.82) is 0 Å². The number of amides is 5. The zero-order valence-corrected chi connectivity index (χ0v) is 55.8. The van der Waals surface area contributed by atoms with Crippen molar-refractivity contribution in [2.24, 2.45) is 29.6 Å². The molecule has 17 atom stereocenters. The van der Waals surface area contributed by atoms with E-state index in [1.54, 1.807) is 26.8 Å². The minimum atomic E-state index is -2.57. The molecule has 1 aliphatic carbocycles. The number of Topliss-reactive ketones (excluding diaryl/α,β-unsaturated/α-hetero) is 2. The van der Waals surface area contributed by atoms with Gasteiger partial charge in [0.2, 0.25) is 17.6 Å². The number of methoxy groups -OCH3 is 3. The molecule has 0 aromatic heterocycles. The Morgan fingerprint density at radius 3 is 2.14 bits per heavy atom. The maximum absolute atomic E-state index is 14.7. The van der Waals surface area contributed by atoms with E-state index in [0.717, 1.165) is 35.5 Å². The Labute approximate surface area is 541 Å². The zero-order valence-electron chi connectivity index (χ0n) is 55.0. The lowest BCUT2D eigenvalue weighted by Crippen LogP contribution is -2.64. The Morgan fingerprint density at radius 2 is 1.47 bits per heavy atom. The molecule has 91 heavy (non-hydrogen) atoms. The first kappa shape index (κ1) is 75.2. The predicted octanol–water partition coefficient (Wildman–Crippen LogP) is 4.98. The average Bonchev–Trinajstić information content (AvgIpc) is 1.78. The molecule has 1 saturated carbocycles. The van der Waals surface area contributed by atoms with E-state index in [9.17, 15) is 48.6 Å². The van der Waals surface area contributed by atoms with Crippen molar-refractivity contribution >= 4 is 59.0 Å². The van der Waals surface area contributed by atoms with Gasteiger partial charge in [-0.2, -0.15) is 11.8 Å². The molecule has 5 amide bonds. The SMILES string of the molecule is C=CC[C@@H]1/C=C(/C)C[C@H](C)C[C@H](OC)[C@H]2O[C@@](O)(C(=O)C(=O)N3CCCC[C@H]3C(=O)O[C@H](/C(C)=C/[C@@H]3CC[C@@H](OC(=O)CCC(=O)NCCOCCOCCOCCNC(=O)CCCC[C@H]4SC[C@H]5NC(=O)N[C@H]54)[C@H](OC)C3)[C@H](C)[C@@H](O)CC1=O)[C@H](C)C[C@@H]2OC. The number of nitrogens with zero attached hydrogens (tertiary/aromatic N) is 1. The van der Waals surface area contributed by atoms with Crippen molar-refractivity contribution in [2.45, 2.75) is 216 Å². The van der Waals surface area contributed by atoms with Gasteiger partial charge in [-0.25, -0.2) is 9.59 Å². The van der Waals surface area contributed by atoms with E-state index >= 15 is 0 Å². The number of thioether (sulfide) groups is 1. The molecule has 0 radical (unpaired) electrons. The van der Waals surface area contributed by atoms with E-state index in [1.807, 2.05) is 37.8 Å². The number of aliphatic hydroxyl groups is 2. The van der Waals surface area contributed by atoms with E-state index in [4.69, 9.17) is 42.6 Å². The standard InChI is InChI=1S/C66H105N5O19S/c1-10-15-46-33-40(2)32-41(3)34-53(83-8)61-54(84-9)36-43(5)66(81,90-61)62(77)63(78)71-25-14-13-16-48(71)64(79)89-60(44(6)49(72)38-50(46)73)42(4)35-45-19-20-51(52(37-45)82-7)88-58(76)22-21-57(75)68-24-27-86-29-31-87-30-28-85-26-23-67-56(74)18-12-11-17-55-59-47(39-91-55)69-65(80)70-59/h10,33,35,41,43-49,51-55,59-61,72,81H,1,11-32,34,36-39H2,2-9H3,(H,67,74)(H,68,75)(H2,69,70,80)/b40-33-,42-35+/t41-,43+,44+,45-,46+,47+,48-,49-,51+,52+,53-,54-,55+,59+,60+,61+,66+/m0/s1. The number of hydrogen-bond acceptors (Lipinski definition) is 20. The van der Waals surface area contributed by atoms with Crippen LogP contribution in [0, 0.1) is 29.6 Å². The molecule has 6 rings (SSSR count). The van der Waals surface area contributed by atoms with Crippen LogP contribution < -0.4 is 21.3 Å². The number of fused-ring (bicyclic) bond motifs is 4. The van der Waals surface area contributed by atoms with Crippen molar-refractivity contribution in [1.82, 2.24) is 26.2 Å². The van der Waals surface area contributed by atoms with Crippen LogP contribution in [0.25, 0.3) is 0 Å². The third kappa shape index (κ3) is 22.4. The smallest absolute Gasteiger partial charge is 0.329 e. The second-order valence-corrected chi connectivity index (χ2v) is 26.9. The fourth-order valence-electron chi connectivity index (χ4n) is 13.5. The molecule has 0 spiro atoms. The zero-order chi connectivity index (χ0) is 66.2. The second-order valence-electron chi connectivity index (χ2n) is 25.6. The van der Waals surface area contributed by atoms with Crippen LogP contribution >= 0.6 is 11.8 Å². The highest BCUT2D eigenvalue weighted by atomic mass is 32.2. The summed E-state index contributed by atoms with van der Waals surface area (Å²) in [7, 11) is 4.55. The van der Waals surface area contributed by atoms with Gasteiger partial charge in [0.15, 0.2) is 0 Å². The summed E-state index contributed by atoms with van der Waals surface area (Å²) in [5.41, 5.74) is 1.49. The number of carbonyl (C=O) groups is 8. The second kappa shape index (κ2) is 37.9. The van der Waals surface area contributed by atoms with Gasteiger partial charge < -0.3 is 79.0 Å². The van der Waals surface area contributed by atoms with Crippen LogP contribution in [0.4, 0.5) is 4.79 Å². The third-order valence-corrected chi connectivity index (χ3v) is 20.2. The van der Waals surface area contributed by atoms with E-state index in [1.165, 1.54) is 21.3 Å². The number of esters is 2. The molecule has 24 nitrogen and oxygen atoms in total. The third-order valence-electron chi connectivity index (χ3n) is 18.6. The molecule has 25 heteroatoms. The molecule has 514 valence electrons. The molecular weight excluding hydrogens is 1200 g/mol. The van der Waals surface area contributed by atoms with Crippen LogP contribution in [0.3, 0.4) is 0 Å². The monoisotopic (exact) mass is 1300 g/mol. The normalized spacial score (nSPS) is 33.6. The van der Waals surface area contributed by atoms with Gasteiger partial charge in [-0.1, -0.05) is 51.0 Å². The van der Waals surface area contributed by atoms with Crippen LogP contribution in [-0.4, -0.2) is 221 Å². The van der Waals surface area contributed by atoms with Crippen molar-refractivity contribution in [2.75, 3.05) is 86.4 Å². The van der Waals surface area contributed by atoms with E-state index in [0.29, 0.717) is 108 Å². The van der Waals surface area contributed by atoms with Crippen LogP contribution in [0.5, 0.6) is 0 Å². The van der Waals surface area contributed by atoms with Crippen molar-refractivity contribution in [3.05, 3.63) is 36.0 Å². The molecule has 0 aromatic carbocycles. The minimum absolute atomic E-state index is 0.0103. The Balaban J connectivity index is 0.952. The number of aliphatic hydroxyl groups excluding tert-OH is 1. The molecule has 5 fully saturated rings. The number of ketones is 2. The molecule has 6 aliphatic rings. The summed E-state index contributed by atoms with van der Waals surface area (Å²) < 4.78 is 52.9. The lowest BCUT2D eigenvalue weighted by molar-refractivity contribution is -0.302. The Hall–Kier alpha value is -4.83. The molecule has 0 aromatic rings. The Kier molecular flexibility index (Phi) is 31.3. The Bertz CT molecular complexity index is 2490. The number of rotatable bonds is 28. The molecule has 0 unspecified atom stereocenters. The first-order valence-electron chi connectivity index (χ1n) is 33.0. The summed E-state index contributed by atoms with van der Waals surface area (Å²) in [6, 6.07) is -0.929. The maximum Gasteiger partial charge on any atom is 0.329 e. The van der Waals surface area contributed by atoms with E-state index < -0.39 is 95.9 Å². The molecular formula is C66H105N5O19S. The fraction of sp³-hybridized carbons (Fsp3) is 0.788. The number of ether oxygens (including phenoxy) is 9. The number of allylic oxidation sites excluding steroid dienone is 4. The van der Waals surface area contributed by atoms with Gasteiger partial charge in [0, 0.05) is 89.0 Å². The van der Waals surface area contributed by atoms with Gasteiger partial charge in [0.05, 0.1) is 82.6 Å². The molecule has 5 aliphatic heterocycles. The highest BCUT2D eigenvalue weighted by Crippen LogP contribution is 2.40. The number of carbonyl (C=O) groups excluding carboxylic acids is 8. The maximum atomic E-state index is 14.7. The Morgan fingerprint density at radius 1 is 0.813 bits per heavy atom. The highest BCUT2D eigenvalue weighted by molar-refractivity contribution is 8.00. The highest BCUT2D eigenvalue weighted by Gasteiger charge is 2.57. The number of nitrogens with one attached hydrogen (secondary N) is 4. The largest absolute Gasteiger partial charge is 0.460 e. The number of unbranched alkanes of at least 4 members (excludes halogenated alkanes) is 1. The van der Waals surface area contributed by atoms with Crippen LogP contribution in [0.2, 0.25) is 0 Å². The van der Waals surface area contributed by atoms with E-state index in [2.05, 4.69) is 27.8 Å². The number of hydrogen-bond donors (Lipinski definition) is 6. The summed E-state index contributed by atoms with van der Waals surface area (Å²) in [6.07, 6.45) is 6.47. The summed E-state index contributed by atoms with van der Waals surface area (Å²) in [6.45, 7) is 15.6. The summed E-state index contributed by atoms with van der Waals surface area (Å²) in [5.74, 6) is -8.40. The number of piperidine rings is 1. The lowest BCUT2D eigenvalue weighted by atomic mass is 9.81. The quantitative estimate of drug-likeness (QED) is 0.0198. The average molecular weight is 1300 g/mol.